The monoisotopic (exact) mass is 233 g/mol. The van der Waals surface area contributed by atoms with Crippen molar-refractivity contribution >= 4 is 11.5 Å². The second-order valence-corrected chi connectivity index (χ2v) is 3.64. The summed E-state index contributed by atoms with van der Waals surface area (Å²) in [7, 11) is 0. The van der Waals surface area contributed by atoms with Gasteiger partial charge >= 0.3 is 0 Å². The van der Waals surface area contributed by atoms with Crippen LogP contribution in [0.4, 0.5) is 11.5 Å². The highest BCUT2D eigenvalue weighted by molar-refractivity contribution is 5.60. The smallest absolute Gasteiger partial charge is 0.165 e. The first-order valence-corrected chi connectivity index (χ1v) is 5.36. The summed E-state index contributed by atoms with van der Waals surface area (Å²) in [4.78, 5) is 0. The lowest BCUT2D eigenvalue weighted by Crippen LogP contribution is -2.29. The number of nitrogens with zero attached hydrogens (tertiary/aromatic N) is 2. The predicted octanol–water partition coefficient (Wildman–Crippen LogP) is 1.77. The normalized spacial score (nSPS) is 10.4. The van der Waals surface area contributed by atoms with Crippen LogP contribution in [0.5, 0.6) is 11.5 Å². The fourth-order valence-electron chi connectivity index (χ4n) is 1.76. The summed E-state index contributed by atoms with van der Waals surface area (Å²) >= 11 is 0. The number of hydrogen-bond acceptors (Lipinski definition) is 4. The molecule has 0 spiro atoms. The molecule has 0 aliphatic carbocycles. The van der Waals surface area contributed by atoms with Gasteiger partial charge in [-0.05, 0) is 19.1 Å². The lowest BCUT2D eigenvalue weighted by atomic mass is 10.3. The molecule has 0 amide bonds. The van der Waals surface area contributed by atoms with Gasteiger partial charge in [-0.2, -0.15) is 0 Å². The number of phenols is 1. The van der Waals surface area contributed by atoms with E-state index in [1.54, 1.807) is 34.1 Å². The second-order valence-electron chi connectivity index (χ2n) is 3.64. The van der Waals surface area contributed by atoms with Crippen LogP contribution < -0.4 is 10.7 Å². The minimum atomic E-state index is 0.0267. The van der Waals surface area contributed by atoms with E-state index in [-0.39, 0.29) is 17.3 Å². The van der Waals surface area contributed by atoms with Crippen LogP contribution in [0, 0.1) is 0 Å². The van der Waals surface area contributed by atoms with E-state index in [0.29, 0.717) is 12.2 Å². The maximum Gasteiger partial charge on any atom is 0.165 e. The largest absolute Gasteiger partial charge is 0.506 e. The summed E-state index contributed by atoms with van der Waals surface area (Å²) in [6.07, 6.45) is 1.65. The Hall–Kier alpha value is -2.30. The van der Waals surface area contributed by atoms with E-state index >= 15 is 0 Å². The molecule has 2 aromatic rings. The van der Waals surface area contributed by atoms with Crippen LogP contribution in [-0.2, 0) is 0 Å². The summed E-state index contributed by atoms with van der Waals surface area (Å²) in [5.41, 5.74) is 6.39. The van der Waals surface area contributed by atoms with Gasteiger partial charge in [0.15, 0.2) is 11.6 Å². The number of rotatable bonds is 3. The van der Waals surface area contributed by atoms with E-state index in [2.05, 4.69) is 0 Å². The molecule has 0 aliphatic heterocycles. The summed E-state index contributed by atoms with van der Waals surface area (Å²) in [6, 6.07) is 8.49. The van der Waals surface area contributed by atoms with Crippen molar-refractivity contribution in [3.8, 4) is 11.5 Å². The van der Waals surface area contributed by atoms with E-state index in [1.165, 1.54) is 6.07 Å². The number of anilines is 2. The highest BCUT2D eigenvalue weighted by Gasteiger charge is 2.14. The maximum atomic E-state index is 9.81. The summed E-state index contributed by atoms with van der Waals surface area (Å²) < 4.78 is 1.60. The molecular weight excluding hydrogens is 218 g/mol. The van der Waals surface area contributed by atoms with Crippen molar-refractivity contribution in [2.75, 3.05) is 17.3 Å². The van der Waals surface area contributed by atoms with Gasteiger partial charge in [0.2, 0.25) is 0 Å². The standard InChI is InChI=1S/C12H15N3O2/c1-2-14(9-5-3-4-6-10(9)16)15-8-7-11(17)12(15)13/h3-8,16-17H,2,13H2,1H3. The minimum Gasteiger partial charge on any atom is -0.506 e. The Kier molecular flexibility index (Phi) is 2.82. The number of nitrogens with two attached hydrogens (primary N) is 1. The van der Waals surface area contributed by atoms with Crippen molar-refractivity contribution in [1.82, 2.24) is 4.68 Å². The van der Waals surface area contributed by atoms with Crippen LogP contribution in [-0.4, -0.2) is 21.4 Å². The van der Waals surface area contributed by atoms with Crippen molar-refractivity contribution in [2.24, 2.45) is 0 Å². The Morgan fingerprint density at radius 3 is 2.41 bits per heavy atom. The molecule has 0 bridgehead atoms. The molecule has 0 saturated heterocycles. The molecule has 2 rings (SSSR count). The average Bonchev–Trinajstić information content (AvgIpc) is 2.65. The van der Waals surface area contributed by atoms with Crippen LogP contribution in [0.3, 0.4) is 0 Å². The molecule has 0 unspecified atom stereocenters. The third-order valence-corrected chi connectivity index (χ3v) is 2.60. The van der Waals surface area contributed by atoms with Crippen molar-refractivity contribution in [1.29, 1.82) is 0 Å². The molecule has 5 heteroatoms. The van der Waals surface area contributed by atoms with Gasteiger partial charge in [-0.1, -0.05) is 12.1 Å². The molecule has 5 nitrogen and oxygen atoms in total. The predicted molar refractivity (Wildman–Crippen MR) is 67.0 cm³/mol. The topological polar surface area (TPSA) is 74.6 Å². The van der Waals surface area contributed by atoms with Crippen molar-refractivity contribution in [3.05, 3.63) is 36.5 Å². The first-order chi connectivity index (χ1) is 8.15. The number of benzene rings is 1. The van der Waals surface area contributed by atoms with Gasteiger partial charge in [0.05, 0.1) is 5.69 Å². The van der Waals surface area contributed by atoms with Gasteiger partial charge in [-0.15, -0.1) is 0 Å². The summed E-state index contributed by atoms with van der Waals surface area (Å²) in [5, 5.41) is 21.0. The fraction of sp³-hybridized carbons (Fsp3) is 0.167. The van der Waals surface area contributed by atoms with Gasteiger partial charge in [-0.3, -0.25) is 5.01 Å². The van der Waals surface area contributed by atoms with Crippen molar-refractivity contribution in [2.45, 2.75) is 6.92 Å². The Balaban J connectivity index is 2.48. The molecule has 0 atom stereocenters. The molecular formula is C12H15N3O2. The lowest BCUT2D eigenvalue weighted by Gasteiger charge is -2.26. The van der Waals surface area contributed by atoms with Gasteiger partial charge in [0, 0.05) is 18.8 Å². The van der Waals surface area contributed by atoms with E-state index in [0.717, 1.165) is 0 Å². The molecule has 1 aromatic heterocycles. The number of hydrogen-bond donors (Lipinski definition) is 3. The Labute approximate surface area is 99.3 Å². The number of aromatic nitrogens is 1. The van der Waals surface area contributed by atoms with E-state index in [4.69, 9.17) is 5.73 Å². The fourth-order valence-corrected chi connectivity index (χ4v) is 1.76. The average molecular weight is 233 g/mol. The minimum absolute atomic E-state index is 0.0267. The third-order valence-electron chi connectivity index (χ3n) is 2.60. The molecule has 4 N–H and O–H groups in total. The zero-order valence-corrected chi connectivity index (χ0v) is 9.54. The number of nitrogen functional groups attached to an aromatic ring is 1. The zero-order valence-electron chi connectivity index (χ0n) is 9.54. The van der Waals surface area contributed by atoms with Crippen molar-refractivity contribution in [3.63, 3.8) is 0 Å². The Morgan fingerprint density at radius 2 is 1.88 bits per heavy atom. The van der Waals surface area contributed by atoms with Gasteiger partial charge in [-0.25, -0.2) is 4.68 Å². The molecule has 0 saturated carbocycles. The highest BCUT2D eigenvalue weighted by Crippen LogP contribution is 2.30. The number of aromatic hydroxyl groups is 2. The zero-order chi connectivity index (χ0) is 12.4. The molecule has 0 radical (unpaired) electrons. The van der Waals surface area contributed by atoms with Crippen molar-refractivity contribution < 1.29 is 10.2 Å². The quantitative estimate of drug-likeness (QED) is 0.755. The highest BCUT2D eigenvalue weighted by atomic mass is 16.3. The summed E-state index contributed by atoms with van der Waals surface area (Å²) in [5.74, 6) is 0.441. The SMILES string of the molecule is CCN(c1ccccc1O)n1ccc(O)c1N. The van der Waals surface area contributed by atoms with Crippen LogP contribution in [0.25, 0.3) is 0 Å². The Bertz CT molecular complexity index is 522. The van der Waals surface area contributed by atoms with Crippen LogP contribution in [0.1, 0.15) is 6.92 Å². The first kappa shape index (κ1) is 11.2. The third kappa shape index (κ3) is 1.87. The molecule has 0 fully saturated rings. The molecule has 0 aliphatic rings. The summed E-state index contributed by atoms with van der Waals surface area (Å²) in [6.45, 7) is 2.54. The van der Waals surface area contributed by atoms with Crippen LogP contribution in [0.15, 0.2) is 36.5 Å². The molecule has 1 aromatic carbocycles. The number of para-hydroxylation sites is 2. The maximum absolute atomic E-state index is 9.81. The van der Waals surface area contributed by atoms with Gasteiger partial charge < -0.3 is 15.9 Å². The Morgan fingerprint density at radius 1 is 1.18 bits per heavy atom. The van der Waals surface area contributed by atoms with E-state index in [9.17, 15) is 10.2 Å². The van der Waals surface area contributed by atoms with E-state index in [1.807, 2.05) is 13.0 Å². The van der Waals surface area contributed by atoms with Crippen LogP contribution in [0.2, 0.25) is 0 Å². The molecule has 90 valence electrons. The molecule has 1 heterocycles. The van der Waals surface area contributed by atoms with E-state index < -0.39 is 0 Å². The molecule has 17 heavy (non-hydrogen) atoms. The van der Waals surface area contributed by atoms with Gasteiger partial charge in [0.25, 0.3) is 0 Å². The second kappa shape index (κ2) is 4.29. The van der Waals surface area contributed by atoms with Crippen LogP contribution >= 0.6 is 0 Å². The number of phenolic OH excluding ortho intramolecular Hbond substituents is 1. The first-order valence-electron chi connectivity index (χ1n) is 5.36. The lowest BCUT2D eigenvalue weighted by molar-refractivity contribution is 0.469. The van der Waals surface area contributed by atoms with Gasteiger partial charge in [0.1, 0.15) is 5.75 Å².